The number of anilines is 1. The molecule has 0 fully saturated rings. The third kappa shape index (κ3) is 3.61. The van der Waals surface area contributed by atoms with Crippen LogP contribution in [0.25, 0.3) is 0 Å². The molecule has 0 atom stereocenters. The van der Waals surface area contributed by atoms with Gasteiger partial charge >= 0.3 is 0 Å². The van der Waals surface area contributed by atoms with Gasteiger partial charge in [-0.3, -0.25) is 4.79 Å². The topological polar surface area (TPSA) is 89.0 Å². The van der Waals surface area contributed by atoms with Crippen molar-refractivity contribution in [3.63, 3.8) is 0 Å². The van der Waals surface area contributed by atoms with Crippen molar-refractivity contribution in [1.82, 2.24) is 9.97 Å². The van der Waals surface area contributed by atoms with Crippen molar-refractivity contribution < 1.29 is 17.6 Å². The van der Waals surface area contributed by atoms with Gasteiger partial charge in [-0.15, -0.1) is 0 Å². The molecule has 0 aromatic carbocycles. The van der Waals surface area contributed by atoms with E-state index in [4.69, 9.17) is 0 Å². The highest BCUT2D eigenvalue weighted by atomic mass is 79.9. The summed E-state index contributed by atoms with van der Waals surface area (Å²) in [6.45, 7) is 0. The van der Waals surface area contributed by atoms with Crippen LogP contribution in [0.2, 0.25) is 0 Å². The van der Waals surface area contributed by atoms with E-state index in [0.29, 0.717) is 0 Å². The third-order valence-electron chi connectivity index (χ3n) is 2.43. The number of nitrogens with zero attached hydrogens (tertiary/aromatic N) is 2. The summed E-state index contributed by atoms with van der Waals surface area (Å²) in [4.78, 5) is 19.4. The van der Waals surface area contributed by atoms with Crippen molar-refractivity contribution in [2.24, 2.45) is 0 Å². The summed E-state index contributed by atoms with van der Waals surface area (Å²) >= 11 is 2.88. The number of carbonyl (C=O) groups excluding carboxylic acids is 1. The second kappa shape index (κ2) is 5.86. The largest absolute Gasteiger partial charge is 0.319 e. The lowest BCUT2D eigenvalue weighted by Crippen LogP contribution is -2.16. The van der Waals surface area contributed by atoms with Crippen LogP contribution in [-0.4, -0.2) is 30.5 Å². The minimum atomic E-state index is -3.60. The number of rotatable bonds is 3. The Morgan fingerprint density at radius 2 is 2.10 bits per heavy atom. The van der Waals surface area contributed by atoms with Crippen molar-refractivity contribution >= 4 is 37.4 Å². The van der Waals surface area contributed by atoms with Gasteiger partial charge in [-0.2, -0.15) is 0 Å². The number of pyridine rings is 2. The number of halogens is 2. The monoisotopic (exact) mass is 373 g/mol. The first-order valence-corrected chi connectivity index (χ1v) is 8.25. The molecule has 1 N–H and O–H groups in total. The summed E-state index contributed by atoms with van der Waals surface area (Å²) in [6.07, 6.45) is 3.44. The highest BCUT2D eigenvalue weighted by Crippen LogP contribution is 2.19. The fraction of sp³-hybridized carbons (Fsp3) is 0.0833. The zero-order chi connectivity index (χ0) is 15.6. The highest BCUT2D eigenvalue weighted by Gasteiger charge is 2.17. The van der Waals surface area contributed by atoms with Gasteiger partial charge in [0.1, 0.15) is 4.60 Å². The van der Waals surface area contributed by atoms with E-state index < -0.39 is 21.6 Å². The van der Waals surface area contributed by atoms with Gasteiger partial charge in [0.2, 0.25) is 0 Å². The Balaban J connectivity index is 2.34. The Labute approximate surface area is 128 Å². The van der Waals surface area contributed by atoms with E-state index >= 15 is 0 Å². The Bertz CT molecular complexity index is 811. The van der Waals surface area contributed by atoms with Crippen LogP contribution in [0.5, 0.6) is 0 Å². The molecule has 1 amide bonds. The molecule has 0 saturated carbocycles. The summed E-state index contributed by atoms with van der Waals surface area (Å²) < 4.78 is 36.5. The zero-order valence-electron chi connectivity index (χ0n) is 10.7. The summed E-state index contributed by atoms with van der Waals surface area (Å²) in [5, 5.41) is 2.12. The standard InChI is InChI=1S/C12H9BrFN3O3S/c1-21(19,20)12-9(3-2-4-15-12)17-11(18)7-5-8(14)10(13)16-6-7/h2-6H,1H3,(H,17,18). The third-order valence-corrected chi connectivity index (χ3v) is 4.04. The molecule has 21 heavy (non-hydrogen) atoms. The number of hydrogen-bond donors (Lipinski definition) is 1. The first-order chi connectivity index (χ1) is 9.79. The fourth-order valence-corrected chi connectivity index (χ4v) is 2.51. The molecule has 0 aliphatic carbocycles. The molecule has 2 rings (SSSR count). The predicted octanol–water partition coefficient (Wildman–Crippen LogP) is 2.03. The van der Waals surface area contributed by atoms with Crippen molar-refractivity contribution in [3.8, 4) is 0 Å². The second-order valence-electron chi connectivity index (χ2n) is 4.08. The first-order valence-electron chi connectivity index (χ1n) is 5.56. The van der Waals surface area contributed by atoms with Gasteiger partial charge in [-0.1, -0.05) is 0 Å². The zero-order valence-corrected chi connectivity index (χ0v) is 13.1. The highest BCUT2D eigenvalue weighted by molar-refractivity contribution is 9.10. The molecule has 0 bridgehead atoms. The Hall–Kier alpha value is -1.87. The van der Waals surface area contributed by atoms with E-state index in [1.54, 1.807) is 0 Å². The normalized spacial score (nSPS) is 11.2. The Morgan fingerprint density at radius 1 is 1.38 bits per heavy atom. The van der Waals surface area contributed by atoms with Crippen molar-refractivity contribution in [2.75, 3.05) is 11.6 Å². The maximum absolute atomic E-state index is 13.3. The molecular weight excluding hydrogens is 365 g/mol. The smallest absolute Gasteiger partial charge is 0.257 e. The van der Waals surface area contributed by atoms with Gasteiger partial charge in [0.25, 0.3) is 5.91 Å². The van der Waals surface area contributed by atoms with E-state index in [0.717, 1.165) is 12.3 Å². The Morgan fingerprint density at radius 3 is 2.71 bits per heavy atom. The quantitative estimate of drug-likeness (QED) is 0.831. The number of nitrogens with one attached hydrogen (secondary N) is 1. The average Bonchev–Trinajstić information content (AvgIpc) is 2.41. The molecular formula is C12H9BrFN3O3S. The van der Waals surface area contributed by atoms with E-state index in [-0.39, 0.29) is 20.9 Å². The summed E-state index contributed by atoms with van der Waals surface area (Å²) in [6, 6.07) is 3.86. The molecule has 6 nitrogen and oxygen atoms in total. The van der Waals surface area contributed by atoms with E-state index in [2.05, 4.69) is 31.2 Å². The maximum atomic E-state index is 13.3. The van der Waals surface area contributed by atoms with Gasteiger partial charge in [-0.25, -0.2) is 22.8 Å². The minimum Gasteiger partial charge on any atom is -0.319 e. The van der Waals surface area contributed by atoms with Gasteiger partial charge in [-0.05, 0) is 34.1 Å². The lowest BCUT2D eigenvalue weighted by Gasteiger charge is -2.08. The number of amides is 1. The van der Waals surface area contributed by atoms with Gasteiger partial charge in [0.15, 0.2) is 20.7 Å². The molecule has 0 radical (unpaired) electrons. The number of sulfone groups is 1. The van der Waals surface area contributed by atoms with E-state index in [9.17, 15) is 17.6 Å². The molecule has 110 valence electrons. The van der Waals surface area contributed by atoms with Gasteiger partial charge in [0, 0.05) is 18.6 Å². The molecule has 0 aliphatic heterocycles. The molecule has 2 aromatic rings. The summed E-state index contributed by atoms with van der Waals surface area (Å²) in [5.41, 5.74) is -0.0210. The number of aromatic nitrogens is 2. The average molecular weight is 374 g/mol. The van der Waals surface area contributed by atoms with Crippen LogP contribution in [0.3, 0.4) is 0 Å². The van der Waals surface area contributed by atoms with Crippen LogP contribution in [0.4, 0.5) is 10.1 Å². The fourth-order valence-electron chi connectivity index (χ4n) is 1.52. The van der Waals surface area contributed by atoms with Crippen molar-refractivity contribution in [1.29, 1.82) is 0 Å². The van der Waals surface area contributed by atoms with Gasteiger partial charge in [0.05, 0.1) is 11.3 Å². The number of carbonyl (C=O) groups is 1. The molecule has 0 spiro atoms. The minimum absolute atomic E-state index is 0.0164. The van der Waals surface area contributed by atoms with Crippen LogP contribution in [0.1, 0.15) is 10.4 Å². The SMILES string of the molecule is CS(=O)(=O)c1ncccc1NC(=O)c1cnc(Br)c(F)c1. The summed E-state index contributed by atoms with van der Waals surface area (Å²) in [7, 11) is -3.60. The van der Waals surface area contributed by atoms with Gasteiger partial charge < -0.3 is 5.32 Å². The predicted molar refractivity (Wildman–Crippen MR) is 77.2 cm³/mol. The maximum Gasteiger partial charge on any atom is 0.257 e. The molecule has 0 aliphatic rings. The van der Waals surface area contributed by atoms with Crippen LogP contribution in [0, 0.1) is 5.82 Å². The van der Waals surface area contributed by atoms with E-state index in [1.165, 1.54) is 24.5 Å². The van der Waals surface area contributed by atoms with Crippen LogP contribution in [-0.2, 0) is 9.84 Å². The lowest BCUT2D eigenvalue weighted by molar-refractivity contribution is 0.102. The lowest BCUT2D eigenvalue weighted by atomic mass is 10.2. The molecule has 2 aromatic heterocycles. The molecule has 2 heterocycles. The van der Waals surface area contributed by atoms with Crippen LogP contribution >= 0.6 is 15.9 Å². The van der Waals surface area contributed by atoms with Crippen molar-refractivity contribution in [2.45, 2.75) is 5.03 Å². The van der Waals surface area contributed by atoms with Crippen LogP contribution < -0.4 is 5.32 Å². The summed E-state index contributed by atoms with van der Waals surface area (Å²) in [5.74, 6) is -1.39. The van der Waals surface area contributed by atoms with E-state index in [1.807, 2.05) is 0 Å². The second-order valence-corrected chi connectivity index (χ2v) is 6.76. The number of hydrogen-bond acceptors (Lipinski definition) is 5. The molecule has 9 heteroatoms. The Kier molecular flexibility index (Phi) is 4.33. The molecule has 0 unspecified atom stereocenters. The van der Waals surface area contributed by atoms with Crippen molar-refractivity contribution in [3.05, 3.63) is 46.6 Å². The first kappa shape index (κ1) is 15.5. The van der Waals surface area contributed by atoms with Crippen LogP contribution in [0.15, 0.2) is 40.2 Å². The molecule has 0 saturated heterocycles.